The Morgan fingerprint density at radius 2 is 2.18 bits per heavy atom. The second-order valence-electron chi connectivity index (χ2n) is 5.29. The first kappa shape index (κ1) is 17.2. The van der Waals surface area contributed by atoms with Crippen molar-refractivity contribution in [1.82, 2.24) is 10.7 Å². The Morgan fingerprint density at radius 3 is 2.91 bits per heavy atom. The zero-order chi connectivity index (χ0) is 15.8. The lowest BCUT2D eigenvalue weighted by molar-refractivity contribution is 0.340. The van der Waals surface area contributed by atoms with Crippen molar-refractivity contribution < 1.29 is 4.74 Å². The minimum Gasteiger partial charge on any atom is -0.494 e. The van der Waals surface area contributed by atoms with Crippen molar-refractivity contribution in [3.8, 4) is 5.75 Å². The van der Waals surface area contributed by atoms with Crippen molar-refractivity contribution in [3.63, 3.8) is 0 Å². The summed E-state index contributed by atoms with van der Waals surface area (Å²) in [4.78, 5) is 0. The Kier molecular flexibility index (Phi) is 7.12. The van der Waals surface area contributed by atoms with Crippen LogP contribution >= 0.6 is 28.1 Å². The van der Waals surface area contributed by atoms with E-state index in [1.165, 1.54) is 32.1 Å². The smallest absolute Gasteiger partial charge is 0.187 e. The molecule has 0 amide bonds. The van der Waals surface area contributed by atoms with Gasteiger partial charge in [-0.2, -0.15) is 5.10 Å². The lowest BCUT2D eigenvalue weighted by Gasteiger charge is -2.23. The fourth-order valence-electron chi connectivity index (χ4n) is 2.50. The minimum absolute atomic E-state index is 0.483. The zero-order valence-corrected chi connectivity index (χ0v) is 15.2. The molecule has 22 heavy (non-hydrogen) atoms. The van der Waals surface area contributed by atoms with E-state index in [1.807, 2.05) is 25.1 Å². The van der Waals surface area contributed by atoms with Gasteiger partial charge in [-0.1, -0.05) is 35.2 Å². The maximum Gasteiger partial charge on any atom is 0.187 e. The van der Waals surface area contributed by atoms with Crippen LogP contribution in [-0.4, -0.2) is 24.0 Å². The van der Waals surface area contributed by atoms with Gasteiger partial charge in [-0.05, 0) is 50.2 Å². The standard InChI is InChI=1S/C16H22BrN3OS/c1-2-21-14-8-9-15(17)12(10-14)11-18-20-16(22)19-13-6-4-3-5-7-13/h8-11,13H,2-7H2,1H3,(H2,19,20,22)/b18-11+. The van der Waals surface area contributed by atoms with E-state index in [-0.39, 0.29) is 0 Å². The molecule has 120 valence electrons. The predicted molar refractivity (Wildman–Crippen MR) is 98.6 cm³/mol. The molecule has 4 nitrogen and oxygen atoms in total. The first-order valence-corrected chi connectivity index (χ1v) is 8.91. The third-order valence-corrected chi connectivity index (χ3v) is 4.52. The van der Waals surface area contributed by atoms with E-state index in [2.05, 4.69) is 31.8 Å². The van der Waals surface area contributed by atoms with E-state index >= 15 is 0 Å². The number of nitrogens with one attached hydrogen (secondary N) is 2. The van der Waals surface area contributed by atoms with Crippen LogP contribution < -0.4 is 15.5 Å². The van der Waals surface area contributed by atoms with Gasteiger partial charge >= 0.3 is 0 Å². The predicted octanol–water partition coefficient (Wildman–Crippen LogP) is 3.98. The number of hydrazone groups is 1. The van der Waals surface area contributed by atoms with Gasteiger partial charge in [0.25, 0.3) is 0 Å². The molecule has 0 spiro atoms. The first-order valence-electron chi connectivity index (χ1n) is 7.71. The molecule has 1 aliphatic rings. The van der Waals surface area contributed by atoms with Crippen molar-refractivity contribution in [1.29, 1.82) is 0 Å². The summed E-state index contributed by atoms with van der Waals surface area (Å²) in [6, 6.07) is 6.30. The number of hydrogen-bond donors (Lipinski definition) is 2. The first-order chi connectivity index (χ1) is 10.7. The Bertz CT molecular complexity index is 530. The fraction of sp³-hybridized carbons (Fsp3) is 0.500. The topological polar surface area (TPSA) is 45.6 Å². The normalized spacial score (nSPS) is 15.7. The van der Waals surface area contributed by atoms with Crippen LogP contribution in [-0.2, 0) is 0 Å². The summed E-state index contributed by atoms with van der Waals surface area (Å²) < 4.78 is 6.45. The second-order valence-corrected chi connectivity index (χ2v) is 6.56. The van der Waals surface area contributed by atoms with Crippen LogP contribution in [0.15, 0.2) is 27.8 Å². The molecule has 0 aliphatic heterocycles. The van der Waals surface area contributed by atoms with Gasteiger partial charge in [-0.3, -0.25) is 5.43 Å². The summed E-state index contributed by atoms with van der Waals surface area (Å²) in [6.45, 7) is 2.61. The molecule has 1 aromatic carbocycles. The highest BCUT2D eigenvalue weighted by molar-refractivity contribution is 9.10. The van der Waals surface area contributed by atoms with Crippen molar-refractivity contribution >= 4 is 39.5 Å². The SMILES string of the molecule is CCOc1ccc(Br)c(/C=N/NC(=S)NC2CCCCC2)c1. The maximum absolute atomic E-state index is 5.49. The zero-order valence-electron chi connectivity index (χ0n) is 12.8. The van der Waals surface area contributed by atoms with Gasteiger partial charge in [-0.15, -0.1) is 0 Å². The van der Waals surface area contributed by atoms with Crippen LogP contribution in [0.4, 0.5) is 0 Å². The Balaban J connectivity index is 1.85. The van der Waals surface area contributed by atoms with Gasteiger partial charge in [0.2, 0.25) is 0 Å². The number of halogens is 1. The van der Waals surface area contributed by atoms with E-state index in [0.717, 1.165) is 15.8 Å². The molecular weight excluding hydrogens is 362 g/mol. The summed E-state index contributed by atoms with van der Waals surface area (Å²) >= 11 is 8.78. The highest BCUT2D eigenvalue weighted by Gasteiger charge is 2.13. The van der Waals surface area contributed by atoms with Crippen LogP contribution in [0.3, 0.4) is 0 Å². The molecule has 1 aliphatic carbocycles. The summed E-state index contributed by atoms with van der Waals surface area (Å²) in [6.07, 6.45) is 8.00. The molecule has 0 aromatic heterocycles. The van der Waals surface area contributed by atoms with Crippen molar-refractivity contribution in [2.75, 3.05) is 6.61 Å². The van der Waals surface area contributed by atoms with Gasteiger partial charge in [0.15, 0.2) is 5.11 Å². The molecule has 2 N–H and O–H groups in total. The number of benzene rings is 1. The highest BCUT2D eigenvalue weighted by Crippen LogP contribution is 2.21. The lowest BCUT2D eigenvalue weighted by atomic mass is 9.96. The largest absolute Gasteiger partial charge is 0.494 e. The molecule has 0 atom stereocenters. The molecule has 0 radical (unpaired) electrons. The summed E-state index contributed by atoms with van der Waals surface area (Å²) in [5.41, 5.74) is 3.83. The van der Waals surface area contributed by atoms with Crippen molar-refractivity contribution in [2.45, 2.75) is 45.1 Å². The fourth-order valence-corrected chi connectivity index (χ4v) is 3.07. The van der Waals surface area contributed by atoms with Crippen LogP contribution in [0.25, 0.3) is 0 Å². The summed E-state index contributed by atoms with van der Waals surface area (Å²) in [7, 11) is 0. The number of ether oxygens (including phenoxy) is 1. The Labute approximate surface area is 145 Å². The van der Waals surface area contributed by atoms with Gasteiger partial charge in [-0.25, -0.2) is 0 Å². The molecule has 0 unspecified atom stereocenters. The third-order valence-electron chi connectivity index (χ3n) is 3.59. The number of nitrogens with zero attached hydrogens (tertiary/aromatic N) is 1. The second kappa shape index (κ2) is 9.10. The highest BCUT2D eigenvalue weighted by atomic mass is 79.9. The Hall–Kier alpha value is -1.14. The van der Waals surface area contributed by atoms with Crippen LogP contribution in [0.1, 0.15) is 44.6 Å². The van der Waals surface area contributed by atoms with Crippen LogP contribution in [0.2, 0.25) is 0 Å². The van der Waals surface area contributed by atoms with Crippen molar-refractivity contribution in [3.05, 3.63) is 28.2 Å². The van der Waals surface area contributed by atoms with E-state index in [4.69, 9.17) is 17.0 Å². The van der Waals surface area contributed by atoms with Crippen LogP contribution in [0.5, 0.6) is 5.75 Å². The summed E-state index contributed by atoms with van der Waals surface area (Å²) in [5.74, 6) is 0.829. The van der Waals surface area contributed by atoms with Crippen LogP contribution in [0, 0.1) is 0 Å². The summed E-state index contributed by atoms with van der Waals surface area (Å²) in [5, 5.41) is 8.11. The molecule has 6 heteroatoms. The number of thiocarbonyl (C=S) groups is 1. The molecule has 0 bridgehead atoms. The quantitative estimate of drug-likeness (QED) is 0.458. The maximum atomic E-state index is 5.49. The van der Waals surface area contributed by atoms with E-state index in [0.29, 0.717) is 17.8 Å². The molecule has 1 fully saturated rings. The van der Waals surface area contributed by atoms with Gasteiger partial charge in [0.1, 0.15) is 5.75 Å². The molecule has 2 rings (SSSR count). The molecular formula is C16H22BrN3OS. The van der Waals surface area contributed by atoms with Gasteiger partial charge < -0.3 is 10.1 Å². The lowest BCUT2D eigenvalue weighted by Crippen LogP contribution is -2.40. The number of rotatable bonds is 5. The molecule has 0 saturated heterocycles. The molecule has 1 aromatic rings. The van der Waals surface area contributed by atoms with E-state index in [9.17, 15) is 0 Å². The molecule has 1 saturated carbocycles. The van der Waals surface area contributed by atoms with E-state index < -0.39 is 0 Å². The minimum atomic E-state index is 0.483. The van der Waals surface area contributed by atoms with Gasteiger partial charge in [0.05, 0.1) is 12.8 Å². The van der Waals surface area contributed by atoms with Gasteiger partial charge in [0, 0.05) is 16.1 Å². The van der Waals surface area contributed by atoms with Crippen molar-refractivity contribution in [2.24, 2.45) is 5.10 Å². The average Bonchev–Trinajstić information content (AvgIpc) is 2.51. The third kappa shape index (κ3) is 5.57. The number of hydrogen-bond acceptors (Lipinski definition) is 3. The molecule has 0 heterocycles. The monoisotopic (exact) mass is 383 g/mol. The van der Waals surface area contributed by atoms with E-state index in [1.54, 1.807) is 6.21 Å². The average molecular weight is 384 g/mol. The Morgan fingerprint density at radius 1 is 1.41 bits per heavy atom.